The summed E-state index contributed by atoms with van der Waals surface area (Å²) in [4.78, 5) is 10.7. The zero-order valence-electron chi connectivity index (χ0n) is 8.88. The third-order valence-electron chi connectivity index (χ3n) is 2.99. The molecule has 0 N–H and O–H groups in total. The molecule has 1 aliphatic carbocycles. The summed E-state index contributed by atoms with van der Waals surface area (Å²) in [5, 5.41) is 0. The van der Waals surface area contributed by atoms with Crippen LogP contribution in [0.4, 0.5) is 0 Å². The molecule has 1 saturated carbocycles. The van der Waals surface area contributed by atoms with Crippen LogP contribution in [0.1, 0.15) is 46.5 Å². The Morgan fingerprint density at radius 2 is 1.77 bits per heavy atom. The lowest BCUT2D eigenvalue weighted by atomic mass is 9.80. The predicted octanol–water partition coefficient (Wildman–Crippen LogP) is 2.76. The molecule has 0 aliphatic heterocycles. The molecule has 13 heavy (non-hydrogen) atoms. The van der Waals surface area contributed by atoms with Crippen LogP contribution in [0, 0.1) is 11.8 Å². The highest BCUT2D eigenvalue weighted by molar-refractivity contribution is 5.66. The lowest BCUT2D eigenvalue weighted by Crippen LogP contribution is -2.25. The lowest BCUT2D eigenvalue weighted by molar-refractivity contribution is -0.148. The number of esters is 1. The molecule has 0 aromatic heterocycles. The van der Waals surface area contributed by atoms with Crippen LogP contribution < -0.4 is 0 Å². The Bertz CT molecular complexity index is 167. The van der Waals surface area contributed by atoms with Gasteiger partial charge in [0, 0.05) is 6.92 Å². The van der Waals surface area contributed by atoms with E-state index in [1.807, 2.05) is 0 Å². The van der Waals surface area contributed by atoms with Gasteiger partial charge in [-0.2, -0.15) is 0 Å². The largest absolute Gasteiger partial charge is 0.463 e. The number of carbonyl (C=O) groups is 1. The van der Waals surface area contributed by atoms with E-state index in [9.17, 15) is 4.79 Å². The predicted molar refractivity (Wildman–Crippen MR) is 52.4 cm³/mol. The molecule has 76 valence electrons. The highest BCUT2D eigenvalue weighted by Crippen LogP contribution is 2.31. The summed E-state index contributed by atoms with van der Waals surface area (Å²) in [5.74, 6) is 1.48. The zero-order valence-corrected chi connectivity index (χ0v) is 8.88. The summed E-state index contributed by atoms with van der Waals surface area (Å²) in [6.45, 7) is 6.04. The molecule has 0 atom stereocenters. The van der Waals surface area contributed by atoms with Gasteiger partial charge in [-0.25, -0.2) is 0 Å². The standard InChI is InChI=1S/C11H20O2/c1-8(2)10-4-6-11(7-5-10)13-9(3)12/h8,10-11H,4-7H2,1-3H3. The van der Waals surface area contributed by atoms with Crippen molar-refractivity contribution in [3.63, 3.8) is 0 Å². The Labute approximate surface area is 80.7 Å². The first-order chi connectivity index (χ1) is 6.09. The van der Waals surface area contributed by atoms with Gasteiger partial charge in [-0.1, -0.05) is 13.8 Å². The van der Waals surface area contributed by atoms with E-state index in [0.29, 0.717) is 0 Å². The summed E-state index contributed by atoms with van der Waals surface area (Å²) in [7, 11) is 0. The Kier molecular flexibility index (Phi) is 3.76. The van der Waals surface area contributed by atoms with E-state index >= 15 is 0 Å². The number of hydrogen-bond donors (Lipinski definition) is 0. The summed E-state index contributed by atoms with van der Waals surface area (Å²) in [6, 6.07) is 0. The van der Waals surface area contributed by atoms with Crippen LogP contribution in [0.2, 0.25) is 0 Å². The van der Waals surface area contributed by atoms with E-state index in [2.05, 4.69) is 13.8 Å². The molecule has 0 radical (unpaired) electrons. The minimum absolute atomic E-state index is 0.131. The number of ether oxygens (including phenoxy) is 1. The normalized spacial score (nSPS) is 28.9. The van der Waals surface area contributed by atoms with Crippen molar-refractivity contribution in [2.45, 2.75) is 52.6 Å². The van der Waals surface area contributed by atoms with Crippen molar-refractivity contribution in [2.75, 3.05) is 0 Å². The molecule has 0 aromatic rings. The van der Waals surface area contributed by atoms with Crippen LogP contribution in [0.5, 0.6) is 0 Å². The van der Waals surface area contributed by atoms with Crippen LogP contribution in [0.3, 0.4) is 0 Å². The van der Waals surface area contributed by atoms with Crippen molar-refractivity contribution in [1.29, 1.82) is 0 Å². The van der Waals surface area contributed by atoms with Crippen LogP contribution in [-0.2, 0) is 9.53 Å². The van der Waals surface area contributed by atoms with Crippen LogP contribution in [0.25, 0.3) is 0 Å². The Morgan fingerprint density at radius 3 is 2.15 bits per heavy atom. The molecule has 0 saturated heterocycles. The number of rotatable bonds is 2. The van der Waals surface area contributed by atoms with E-state index in [4.69, 9.17) is 4.74 Å². The summed E-state index contributed by atoms with van der Waals surface area (Å²) >= 11 is 0. The fourth-order valence-electron chi connectivity index (χ4n) is 2.11. The second-order valence-electron chi connectivity index (χ2n) is 4.39. The maximum absolute atomic E-state index is 10.7. The molecular weight excluding hydrogens is 164 g/mol. The van der Waals surface area contributed by atoms with Crippen LogP contribution in [-0.4, -0.2) is 12.1 Å². The summed E-state index contributed by atoms with van der Waals surface area (Å²) in [5.41, 5.74) is 0. The number of carbonyl (C=O) groups excluding carboxylic acids is 1. The maximum atomic E-state index is 10.7. The fourth-order valence-corrected chi connectivity index (χ4v) is 2.11. The molecule has 0 spiro atoms. The average Bonchev–Trinajstić information content (AvgIpc) is 2.04. The zero-order chi connectivity index (χ0) is 9.84. The van der Waals surface area contributed by atoms with Crippen molar-refractivity contribution in [3.8, 4) is 0 Å². The van der Waals surface area contributed by atoms with Gasteiger partial charge in [0.2, 0.25) is 0 Å². The molecular formula is C11H20O2. The minimum atomic E-state index is -0.131. The number of hydrogen-bond acceptors (Lipinski definition) is 2. The molecule has 0 unspecified atom stereocenters. The van der Waals surface area contributed by atoms with Crippen LogP contribution in [0.15, 0.2) is 0 Å². The molecule has 2 heteroatoms. The van der Waals surface area contributed by atoms with Gasteiger partial charge in [0.05, 0.1) is 0 Å². The molecule has 1 rings (SSSR count). The van der Waals surface area contributed by atoms with Gasteiger partial charge in [-0.05, 0) is 37.5 Å². The van der Waals surface area contributed by atoms with Gasteiger partial charge in [0.1, 0.15) is 6.10 Å². The molecule has 1 fully saturated rings. The molecule has 0 bridgehead atoms. The van der Waals surface area contributed by atoms with Gasteiger partial charge in [0.25, 0.3) is 0 Å². The van der Waals surface area contributed by atoms with E-state index in [-0.39, 0.29) is 12.1 Å². The Hall–Kier alpha value is -0.530. The smallest absolute Gasteiger partial charge is 0.302 e. The quantitative estimate of drug-likeness (QED) is 0.617. The van der Waals surface area contributed by atoms with Crippen molar-refractivity contribution in [3.05, 3.63) is 0 Å². The summed E-state index contributed by atoms with van der Waals surface area (Å²) in [6.07, 6.45) is 4.75. The summed E-state index contributed by atoms with van der Waals surface area (Å²) < 4.78 is 5.18. The van der Waals surface area contributed by atoms with Gasteiger partial charge >= 0.3 is 5.97 Å². The van der Waals surface area contributed by atoms with E-state index < -0.39 is 0 Å². The minimum Gasteiger partial charge on any atom is -0.463 e. The molecule has 1 aliphatic rings. The Morgan fingerprint density at radius 1 is 1.23 bits per heavy atom. The van der Waals surface area contributed by atoms with Crippen molar-refractivity contribution < 1.29 is 9.53 Å². The second-order valence-corrected chi connectivity index (χ2v) is 4.39. The van der Waals surface area contributed by atoms with Gasteiger partial charge < -0.3 is 4.74 Å². The molecule has 2 nitrogen and oxygen atoms in total. The van der Waals surface area contributed by atoms with Crippen LogP contribution >= 0.6 is 0 Å². The lowest BCUT2D eigenvalue weighted by Gasteiger charge is -2.30. The van der Waals surface area contributed by atoms with Gasteiger partial charge in [-0.3, -0.25) is 4.79 Å². The third kappa shape index (κ3) is 3.37. The van der Waals surface area contributed by atoms with E-state index in [1.165, 1.54) is 19.8 Å². The molecule has 0 heterocycles. The highest BCUT2D eigenvalue weighted by Gasteiger charge is 2.24. The first kappa shape index (κ1) is 10.6. The fraction of sp³-hybridized carbons (Fsp3) is 0.909. The SMILES string of the molecule is CC(=O)OC1CCC(C(C)C)CC1. The second kappa shape index (κ2) is 4.64. The highest BCUT2D eigenvalue weighted by atomic mass is 16.5. The van der Waals surface area contributed by atoms with Crippen molar-refractivity contribution >= 4 is 5.97 Å². The first-order valence-electron chi connectivity index (χ1n) is 5.26. The monoisotopic (exact) mass is 184 g/mol. The maximum Gasteiger partial charge on any atom is 0.302 e. The topological polar surface area (TPSA) is 26.3 Å². The van der Waals surface area contributed by atoms with Crippen molar-refractivity contribution in [2.24, 2.45) is 11.8 Å². The van der Waals surface area contributed by atoms with Crippen molar-refractivity contribution in [1.82, 2.24) is 0 Å². The average molecular weight is 184 g/mol. The first-order valence-corrected chi connectivity index (χ1v) is 5.26. The van der Waals surface area contributed by atoms with Gasteiger partial charge in [-0.15, -0.1) is 0 Å². The van der Waals surface area contributed by atoms with E-state index in [0.717, 1.165) is 24.7 Å². The Balaban J connectivity index is 2.26. The molecule has 0 amide bonds. The van der Waals surface area contributed by atoms with E-state index in [1.54, 1.807) is 0 Å². The van der Waals surface area contributed by atoms with Gasteiger partial charge in [0.15, 0.2) is 0 Å². The third-order valence-corrected chi connectivity index (χ3v) is 2.99. The molecule has 0 aromatic carbocycles.